The van der Waals surface area contributed by atoms with Gasteiger partial charge in [0.05, 0.1) is 5.92 Å². The van der Waals surface area contributed by atoms with E-state index in [2.05, 4.69) is 6.92 Å². The van der Waals surface area contributed by atoms with Gasteiger partial charge < -0.3 is 10.5 Å². The van der Waals surface area contributed by atoms with E-state index in [1.807, 2.05) is 0 Å². The Bertz CT molecular complexity index is 254. The van der Waals surface area contributed by atoms with Crippen molar-refractivity contribution in [2.45, 2.75) is 64.0 Å². The molecule has 0 aromatic rings. The third kappa shape index (κ3) is 2.76. The molecule has 0 spiro atoms. The Balaban J connectivity index is 1.82. The van der Waals surface area contributed by atoms with Gasteiger partial charge in [0, 0.05) is 6.04 Å². The zero-order valence-corrected chi connectivity index (χ0v) is 10.2. The molecule has 0 heterocycles. The Morgan fingerprint density at radius 1 is 1.19 bits per heavy atom. The minimum Gasteiger partial charge on any atom is -0.462 e. The van der Waals surface area contributed by atoms with Gasteiger partial charge in [-0.1, -0.05) is 19.8 Å². The van der Waals surface area contributed by atoms with Crippen LogP contribution in [-0.2, 0) is 9.53 Å². The van der Waals surface area contributed by atoms with Crippen LogP contribution in [0.2, 0.25) is 0 Å². The van der Waals surface area contributed by atoms with Crippen LogP contribution in [-0.4, -0.2) is 18.1 Å². The molecule has 0 saturated heterocycles. The third-order valence-corrected chi connectivity index (χ3v) is 4.04. The lowest BCUT2D eigenvalue weighted by atomic mass is 9.88. The second-order valence-corrected chi connectivity index (χ2v) is 5.53. The van der Waals surface area contributed by atoms with E-state index in [9.17, 15) is 4.79 Å². The Labute approximate surface area is 97.7 Å². The third-order valence-electron chi connectivity index (χ3n) is 4.04. The summed E-state index contributed by atoms with van der Waals surface area (Å²) in [5.41, 5.74) is 5.91. The summed E-state index contributed by atoms with van der Waals surface area (Å²) in [4.78, 5) is 11.9. The Hall–Kier alpha value is -0.570. The van der Waals surface area contributed by atoms with E-state index >= 15 is 0 Å². The topological polar surface area (TPSA) is 52.3 Å². The van der Waals surface area contributed by atoms with Gasteiger partial charge in [0.25, 0.3) is 0 Å². The molecular formula is C13H23NO2. The number of ether oxygens (including phenoxy) is 1. The van der Waals surface area contributed by atoms with Crippen molar-refractivity contribution in [3.8, 4) is 0 Å². The first-order valence-corrected chi connectivity index (χ1v) is 6.63. The Kier molecular flexibility index (Phi) is 3.85. The van der Waals surface area contributed by atoms with Gasteiger partial charge in [0.2, 0.25) is 0 Å². The van der Waals surface area contributed by atoms with Crippen LogP contribution in [0.3, 0.4) is 0 Å². The number of hydrogen-bond donors (Lipinski definition) is 1. The van der Waals surface area contributed by atoms with Gasteiger partial charge in [0.1, 0.15) is 6.10 Å². The predicted molar refractivity (Wildman–Crippen MR) is 62.8 cm³/mol. The summed E-state index contributed by atoms with van der Waals surface area (Å²) < 4.78 is 5.60. The number of hydrogen-bond acceptors (Lipinski definition) is 3. The summed E-state index contributed by atoms with van der Waals surface area (Å²) in [6.07, 6.45) is 7.66. The van der Waals surface area contributed by atoms with Crippen LogP contribution in [0.4, 0.5) is 0 Å². The minimum absolute atomic E-state index is 0.0303. The molecule has 2 aliphatic carbocycles. The Morgan fingerprint density at radius 2 is 1.94 bits per heavy atom. The normalized spacial score (nSPS) is 39.6. The fourth-order valence-corrected chi connectivity index (χ4v) is 3.02. The summed E-state index contributed by atoms with van der Waals surface area (Å²) in [5, 5.41) is 0. The fourth-order valence-electron chi connectivity index (χ4n) is 3.02. The summed E-state index contributed by atoms with van der Waals surface area (Å²) in [5.74, 6) is 0.630. The van der Waals surface area contributed by atoms with Crippen LogP contribution in [0.1, 0.15) is 51.9 Å². The van der Waals surface area contributed by atoms with E-state index in [1.54, 1.807) is 0 Å². The molecule has 3 nitrogen and oxygen atoms in total. The van der Waals surface area contributed by atoms with Crippen molar-refractivity contribution in [1.29, 1.82) is 0 Å². The largest absolute Gasteiger partial charge is 0.462 e. The summed E-state index contributed by atoms with van der Waals surface area (Å²) >= 11 is 0. The van der Waals surface area contributed by atoms with Gasteiger partial charge in [-0.3, -0.25) is 4.79 Å². The van der Waals surface area contributed by atoms with Gasteiger partial charge in [-0.15, -0.1) is 0 Å². The summed E-state index contributed by atoms with van der Waals surface area (Å²) in [7, 11) is 0. The van der Waals surface area contributed by atoms with Gasteiger partial charge in [-0.25, -0.2) is 0 Å². The lowest BCUT2D eigenvalue weighted by Gasteiger charge is -2.28. The first-order chi connectivity index (χ1) is 7.66. The maximum atomic E-state index is 11.9. The molecule has 3 heteroatoms. The highest BCUT2D eigenvalue weighted by atomic mass is 16.5. The first-order valence-electron chi connectivity index (χ1n) is 6.63. The monoisotopic (exact) mass is 225 g/mol. The van der Waals surface area contributed by atoms with Crippen LogP contribution >= 0.6 is 0 Å². The minimum atomic E-state index is -0.0379. The van der Waals surface area contributed by atoms with Gasteiger partial charge in [-0.05, 0) is 38.0 Å². The molecule has 0 aromatic heterocycles. The quantitative estimate of drug-likeness (QED) is 0.733. The lowest BCUT2D eigenvalue weighted by Crippen LogP contribution is -2.35. The number of esters is 1. The highest BCUT2D eigenvalue weighted by Crippen LogP contribution is 2.29. The number of rotatable bonds is 2. The van der Waals surface area contributed by atoms with E-state index in [0.29, 0.717) is 5.92 Å². The van der Waals surface area contributed by atoms with Crippen molar-refractivity contribution >= 4 is 5.97 Å². The molecule has 0 bridgehead atoms. The molecule has 92 valence electrons. The van der Waals surface area contributed by atoms with E-state index in [1.165, 1.54) is 12.8 Å². The molecule has 4 atom stereocenters. The lowest BCUT2D eigenvalue weighted by molar-refractivity contribution is -0.156. The molecule has 2 aliphatic rings. The predicted octanol–water partition coefficient (Wildman–Crippen LogP) is 2.24. The zero-order chi connectivity index (χ0) is 11.5. The SMILES string of the molecule is CC1CCCC(OC(=O)C2CCCC2N)C1. The fraction of sp³-hybridized carbons (Fsp3) is 0.923. The maximum absolute atomic E-state index is 11.9. The van der Waals surface area contributed by atoms with Crippen molar-refractivity contribution in [2.24, 2.45) is 17.6 Å². The van der Waals surface area contributed by atoms with Gasteiger partial charge in [0.15, 0.2) is 0 Å². The van der Waals surface area contributed by atoms with Crippen molar-refractivity contribution < 1.29 is 9.53 Å². The van der Waals surface area contributed by atoms with Gasteiger partial charge in [-0.2, -0.15) is 0 Å². The van der Waals surface area contributed by atoms with Gasteiger partial charge >= 0.3 is 5.97 Å². The van der Waals surface area contributed by atoms with Crippen molar-refractivity contribution in [3.63, 3.8) is 0 Å². The second-order valence-electron chi connectivity index (χ2n) is 5.53. The van der Waals surface area contributed by atoms with Crippen LogP contribution in [0.15, 0.2) is 0 Å². The second kappa shape index (κ2) is 5.17. The first kappa shape index (κ1) is 11.9. The van der Waals surface area contributed by atoms with Crippen LogP contribution in [0.25, 0.3) is 0 Å². The molecule has 2 N–H and O–H groups in total. The van der Waals surface area contributed by atoms with E-state index in [-0.39, 0.29) is 24.0 Å². The maximum Gasteiger partial charge on any atom is 0.310 e. The molecule has 2 rings (SSSR count). The zero-order valence-electron chi connectivity index (χ0n) is 10.2. The average molecular weight is 225 g/mol. The average Bonchev–Trinajstić information content (AvgIpc) is 2.64. The van der Waals surface area contributed by atoms with Crippen LogP contribution in [0.5, 0.6) is 0 Å². The van der Waals surface area contributed by atoms with E-state index < -0.39 is 0 Å². The van der Waals surface area contributed by atoms with E-state index in [4.69, 9.17) is 10.5 Å². The molecule has 4 unspecified atom stereocenters. The molecule has 16 heavy (non-hydrogen) atoms. The van der Waals surface area contributed by atoms with Crippen molar-refractivity contribution in [3.05, 3.63) is 0 Å². The number of nitrogens with two attached hydrogens (primary N) is 1. The van der Waals surface area contributed by atoms with Crippen LogP contribution in [0, 0.1) is 11.8 Å². The highest BCUT2D eigenvalue weighted by molar-refractivity contribution is 5.73. The molecular weight excluding hydrogens is 202 g/mol. The highest BCUT2D eigenvalue weighted by Gasteiger charge is 2.33. The van der Waals surface area contributed by atoms with Crippen molar-refractivity contribution in [2.75, 3.05) is 0 Å². The smallest absolute Gasteiger partial charge is 0.310 e. The number of carbonyl (C=O) groups excluding carboxylic acids is 1. The van der Waals surface area contributed by atoms with Crippen molar-refractivity contribution in [1.82, 2.24) is 0 Å². The molecule has 2 fully saturated rings. The molecule has 0 amide bonds. The molecule has 2 saturated carbocycles. The summed E-state index contributed by atoms with van der Waals surface area (Å²) in [6, 6.07) is 0.0357. The Morgan fingerprint density at radius 3 is 2.56 bits per heavy atom. The summed E-state index contributed by atoms with van der Waals surface area (Å²) in [6.45, 7) is 2.24. The molecule has 0 aromatic carbocycles. The molecule has 0 aliphatic heterocycles. The number of carbonyl (C=O) groups is 1. The molecule has 0 radical (unpaired) electrons. The standard InChI is InChI=1S/C13H23NO2/c1-9-4-2-5-10(8-9)16-13(15)11-6-3-7-12(11)14/h9-12H,2-8,14H2,1H3. The van der Waals surface area contributed by atoms with E-state index in [0.717, 1.165) is 32.1 Å². The van der Waals surface area contributed by atoms with Crippen LogP contribution < -0.4 is 5.73 Å².